The zero-order chi connectivity index (χ0) is 15.4. The zero-order valence-corrected chi connectivity index (χ0v) is 13.1. The number of hydrogen-bond donors (Lipinski definition) is 3. The maximum Gasteiger partial charge on any atom is 0.238 e. The average molecular weight is 298 g/mol. The molecule has 0 fully saturated rings. The second kappa shape index (κ2) is 6.23. The van der Waals surface area contributed by atoms with Crippen LogP contribution in [0.25, 0.3) is 0 Å². The minimum atomic E-state index is -3.67. The minimum absolute atomic E-state index is 0.107. The molecule has 0 aliphatic carbocycles. The smallest absolute Gasteiger partial charge is 0.238 e. The van der Waals surface area contributed by atoms with Gasteiger partial charge in [0, 0.05) is 19.1 Å². The number of rotatable bonds is 3. The zero-order valence-electron chi connectivity index (χ0n) is 12.3. The number of nitrogens with zero attached hydrogens (tertiary/aromatic N) is 1. The van der Waals surface area contributed by atoms with E-state index >= 15 is 0 Å². The van der Waals surface area contributed by atoms with E-state index in [1.807, 2.05) is 26.8 Å². The molecule has 112 valence electrons. The van der Waals surface area contributed by atoms with Crippen molar-refractivity contribution < 1.29 is 8.42 Å². The molecule has 0 aliphatic heterocycles. The lowest BCUT2D eigenvalue weighted by Crippen LogP contribution is -2.47. The first-order chi connectivity index (χ1) is 9.12. The third kappa shape index (κ3) is 5.58. The molecule has 1 rings (SSSR count). The highest BCUT2D eigenvalue weighted by atomic mass is 32.2. The van der Waals surface area contributed by atoms with Gasteiger partial charge in [0.05, 0.1) is 4.90 Å². The van der Waals surface area contributed by atoms with Crippen molar-refractivity contribution in [3.05, 3.63) is 29.8 Å². The summed E-state index contributed by atoms with van der Waals surface area (Å²) < 4.78 is 22.6. The van der Waals surface area contributed by atoms with E-state index in [0.29, 0.717) is 12.5 Å². The number of nitrogens with one attached hydrogen (secondary N) is 2. The first-order valence-electron chi connectivity index (χ1n) is 6.22. The van der Waals surface area contributed by atoms with E-state index in [0.717, 1.165) is 5.56 Å². The Morgan fingerprint density at radius 3 is 2.50 bits per heavy atom. The summed E-state index contributed by atoms with van der Waals surface area (Å²) in [5.74, 6) is 0.651. The van der Waals surface area contributed by atoms with Gasteiger partial charge in [-0.05, 0) is 38.5 Å². The van der Waals surface area contributed by atoms with E-state index in [1.54, 1.807) is 19.2 Å². The van der Waals surface area contributed by atoms with E-state index < -0.39 is 10.0 Å². The molecule has 1 aromatic carbocycles. The van der Waals surface area contributed by atoms with Crippen LogP contribution in [-0.4, -0.2) is 27.0 Å². The fourth-order valence-electron chi connectivity index (χ4n) is 1.55. The van der Waals surface area contributed by atoms with Gasteiger partial charge in [0.2, 0.25) is 10.0 Å². The van der Waals surface area contributed by atoms with Crippen LogP contribution in [0.15, 0.2) is 34.2 Å². The van der Waals surface area contributed by atoms with Crippen molar-refractivity contribution in [2.45, 2.75) is 37.8 Å². The standard InChI is InChI=1S/C13H22N4O2S/c1-13(2,3)17-12(15-4)16-9-10-6-5-7-11(8-10)20(14,18)19/h5-8H,9H2,1-4H3,(H2,14,18,19)(H2,15,16,17). The molecule has 0 unspecified atom stereocenters. The van der Waals surface area contributed by atoms with Gasteiger partial charge in [0.1, 0.15) is 0 Å². The van der Waals surface area contributed by atoms with Gasteiger partial charge in [-0.3, -0.25) is 4.99 Å². The van der Waals surface area contributed by atoms with E-state index in [-0.39, 0.29) is 10.4 Å². The summed E-state index contributed by atoms with van der Waals surface area (Å²) in [4.78, 5) is 4.22. The first kappa shape index (κ1) is 16.5. The van der Waals surface area contributed by atoms with E-state index in [2.05, 4.69) is 15.6 Å². The normalized spacial score (nSPS) is 13.2. The monoisotopic (exact) mass is 298 g/mol. The summed E-state index contributed by atoms with van der Waals surface area (Å²) in [5.41, 5.74) is 0.706. The Hall–Kier alpha value is -1.60. The molecule has 0 bridgehead atoms. The van der Waals surface area contributed by atoms with Gasteiger partial charge in [-0.25, -0.2) is 13.6 Å². The van der Waals surface area contributed by atoms with Gasteiger partial charge in [0.25, 0.3) is 0 Å². The van der Waals surface area contributed by atoms with Crippen LogP contribution in [0.4, 0.5) is 0 Å². The lowest BCUT2D eigenvalue weighted by Gasteiger charge is -2.23. The molecule has 0 aromatic heterocycles. The summed E-state index contributed by atoms with van der Waals surface area (Å²) in [5, 5.41) is 11.4. The van der Waals surface area contributed by atoms with Crippen molar-refractivity contribution in [3.8, 4) is 0 Å². The molecular weight excluding hydrogens is 276 g/mol. The summed E-state index contributed by atoms with van der Waals surface area (Å²) in [6, 6.07) is 6.51. The number of hydrogen-bond acceptors (Lipinski definition) is 3. The number of aliphatic imine (C=N–C) groups is 1. The maximum atomic E-state index is 11.3. The van der Waals surface area contributed by atoms with Gasteiger partial charge >= 0.3 is 0 Å². The van der Waals surface area contributed by atoms with Crippen LogP contribution in [-0.2, 0) is 16.6 Å². The van der Waals surface area contributed by atoms with Gasteiger partial charge < -0.3 is 10.6 Å². The molecule has 0 aliphatic rings. The summed E-state index contributed by atoms with van der Waals surface area (Å²) >= 11 is 0. The van der Waals surface area contributed by atoms with Crippen molar-refractivity contribution in [3.63, 3.8) is 0 Å². The molecule has 0 amide bonds. The van der Waals surface area contributed by atoms with E-state index in [1.165, 1.54) is 6.07 Å². The van der Waals surface area contributed by atoms with Crippen molar-refractivity contribution in [2.75, 3.05) is 7.05 Å². The highest BCUT2D eigenvalue weighted by molar-refractivity contribution is 7.89. The molecule has 0 radical (unpaired) electrons. The Balaban J connectivity index is 2.75. The average Bonchev–Trinajstić information content (AvgIpc) is 2.32. The Morgan fingerprint density at radius 1 is 1.35 bits per heavy atom. The molecule has 0 saturated carbocycles. The first-order valence-corrected chi connectivity index (χ1v) is 7.77. The van der Waals surface area contributed by atoms with Crippen LogP contribution in [0.3, 0.4) is 0 Å². The van der Waals surface area contributed by atoms with Crippen molar-refractivity contribution in [1.82, 2.24) is 10.6 Å². The molecule has 0 atom stereocenters. The lowest BCUT2D eigenvalue weighted by molar-refractivity contribution is 0.501. The number of guanidine groups is 1. The molecule has 1 aromatic rings. The third-order valence-electron chi connectivity index (χ3n) is 2.40. The van der Waals surface area contributed by atoms with Gasteiger partial charge in [0.15, 0.2) is 5.96 Å². The fourth-order valence-corrected chi connectivity index (χ4v) is 2.14. The van der Waals surface area contributed by atoms with E-state index in [4.69, 9.17) is 5.14 Å². The molecule has 6 nitrogen and oxygen atoms in total. The summed E-state index contributed by atoms with van der Waals surface area (Å²) in [6.07, 6.45) is 0. The maximum absolute atomic E-state index is 11.3. The van der Waals surface area contributed by atoms with Crippen LogP contribution in [0.5, 0.6) is 0 Å². The third-order valence-corrected chi connectivity index (χ3v) is 3.31. The largest absolute Gasteiger partial charge is 0.352 e. The lowest BCUT2D eigenvalue weighted by atomic mass is 10.1. The second-order valence-corrected chi connectivity index (χ2v) is 7.05. The van der Waals surface area contributed by atoms with Gasteiger partial charge in [-0.15, -0.1) is 0 Å². The molecule has 0 spiro atoms. The van der Waals surface area contributed by atoms with E-state index in [9.17, 15) is 8.42 Å². The van der Waals surface area contributed by atoms with Crippen LogP contribution < -0.4 is 15.8 Å². The van der Waals surface area contributed by atoms with Gasteiger partial charge in [-0.1, -0.05) is 12.1 Å². The predicted octanol–water partition coefficient (Wildman–Crippen LogP) is 0.798. The summed E-state index contributed by atoms with van der Waals surface area (Å²) in [7, 11) is -1.99. The quantitative estimate of drug-likeness (QED) is 0.568. The Kier molecular flexibility index (Phi) is 5.13. The summed E-state index contributed by atoms with van der Waals surface area (Å²) in [6.45, 7) is 6.55. The molecular formula is C13H22N4O2S. The van der Waals surface area contributed by atoms with Gasteiger partial charge in [-0.2, -0.15) is 0 Å². The molecule has 0 saturated heterocycles. The van der Waals surface area contributed by atoms with Crippen LogP contribution in [0.2, 0.25) is 0 Å². The number of sulfonamides is 1. The van der Waals surface area contributed by atoms with Crippen molar-refractivity contribution in [2.24, 2.45) is 10.1 Å². The molecule has 4 N–H and O–H groups in total. The number of benzene rings is 1. The molecule has 20 heavy (non-hydrogen) atoms. The minimum Gasteiger partial charge on any atom is -0.352 e. The van der Waals surface area contributed by atoms with Crippen LogP contribution in [0, 0.1) is 0 Å². The number of nitrogens with two attached hydrogens (primary N) is 1. The molecule has 0 heterocycles. The number of primary sulfonamides is 1. The van der Waals surface area contributed by atoms with Crippen LogP contribution in [0.1, 0.15) is 26.3 Å². The SMILES string of the molecule is CN=C(NCc1cccc(S(N)(=O)=O)c1)NC(C)(C)C. The predicted molar refractivity (Wildman–Crippen MR) is 80.9 cm³/mol. The van der Waals surface area contributed by atoms with Crippen molar-refractivity contribution >= 4 is 16.0 Å². The Labute approximate surface area is 120 Å². The van der Waals surface area contributed by atoms with Crippen molar-refractivity contribution in [1.29, 1.82) is 0 Å². The highest BCUT2D eigenvalue weighted by Gasteiger charge is 2.12. The Morgan fingerprint density at radius 2 is 2.00 bits per heavy atom. The fraction of sp³-hybridized carbons (Fsp3) is 0.462. The molecule has 7 heteroatoms. The van der Waals surface area contributed by atoms with Crippen LogP contribution >= 0.6 is 0 Å². The highest BCUT2D eigenvalue weighted by Crippen LogP contribution is 2.09. The second-order valence-electron chi connectivity index (χ2n) is 5.49. The Bertz CT molecular complexity index is 589. The topological polar surface area (TPSA) is 96.6 Å².